The van der Waals surface area contributed by atoms with Crippen LogP contribution in [0.15, 0.2) is 84.1 Å². The van der Waals surface area contributed by atoms with Crippen LogP contribution in [0.4, 0.5) is 18.9 Å². The molecule has 12 heteroatoms. The van der Waals surface area contributed by atoms with E-state index in [1.807, 2.05) is 12.1 Å². The van der Waals surface area contributed by atoms with E-state index in [9.17, 15) is 23.2 Å². The highest BCUT2D eigenvalue weighted by Crippen LogP contribution is 2.32. The van der Waals surface area contributed by atoms with Crippen LogP contribution in [0.1, 0.15) is 43.7 Å². The number of aryl methyl sites for hydroxylation is 1. The zero-order valence-electron chi connectivity index (χ0n) is 24.0. The van der Waals surface area contributed by atoms with E-state index in [0.717, 1.165) is 24.3 Å². The molecular weight excluding hydrogens is 589 g/mol. The molecule has 0 N–H and O–H groups in total. The number of halogens is 3. The average molecular weight is 619 g/mol. The molecule has 0 saturated carbocycles. The molecule has 0 spiro atoms. The molecule has 1 amide bonds. The van der Waals surface area contributed by atoms with E-state index < -0.39 is 12.3 Å². The van der Waals surface area contributed by atoms with Gasteiger partial charge >= 0.3 is 6.36 Å². The number of thioether (sulfide) groups is 1. The van der Waals surface area contributed by atoms with E-state index in [-0.39, 0.29) is 24.1 Å². The number of benzene rings is 3. The molecule has 1 aliphatic heterocycles. The lowest BCUT2D eigenvalue weighted by atomic mass is 9.96. The summed E-state index contributed by atoms with van der Waals surface area (Å²) in [6.07, 6.45) is -1.54. The molecule has 2 unspecified atom stereocenters. The van der Waals surface area contributed by atoms with Crippen molar-refractivity contribution in [1.29, 1.82) is 5.26 Å². The van der Waals surface area contributed by atoms with Crippen molar-refractivity contribution >= 4 is 28.5 Å². The molecule has 1 fully saturated rings. The second-order valence-corrected chi connectivity index (χ2v) is 11.3. The topological polar surface area (TPSA) is 96.4 Å². The molecule has 2 heterocycles. The van der Waals surface area contributed by atoms with Crippen LogP contribution >= 0.6 is 11.8 Å². The van der Waals surface area contributed by atoms with Gasteiger partial charge in [0.25, 0.3) is 0 Å². The van der Waals surface area contributed by atoms with Crippen LogP contribution in [-0.4, -0.2) is 44.0 Å². The van der Waals surface area contributed by atoms with Gasteiger partial charge in [0.15, 0.2) is 11.0 Å². The Morgan fingerprint density at radius 3 is 2.55 bits per heavy atom. The van der Waals surface area contributed by atoms with Gasteiger partial charge in [0.05, 0.1) is 17.7 Å². The second kappa shape index (κ2) is 13.3. The van der Waals surface area contributed by atoms with Gasteiger partial charge in [0.2, 0.25) is 5.91 Å². The average Bonchev–Trinajstić information content (AvgIpc) is 3.50. The summed E-state index contributed by atoms with van der Waals surface area (Å²) in [5.74, 6) is -0.128. The third kappa shape index (κ3) is 7.29. The zero-order valence-corrected chi connectivity index (χ0v) is 24.8. The summed E-state index contributed by atoms with van der Waals surface area (Å²) < 4.78 is 42.6. The number of para-hydroxylation sites is 1. The Hall–Kier alpha value is -4.63. The molecule has 1 saturated heterocycles. The fraction of sp³-hybridized carbons (Fsp3) is 0.281. The summed E-state index contributed by atoms with van der Waals surface area (Å²) in [4.78, 5) is 24.1. The molecule has 2 atom stereocenters. The van der Waals surface area contributed by atoms with Gasteiger partial charge in [-0.2, -0.15) is 10.3 Å². The number of aromatic nitrogens is 3. The Balaban J connectivity index is 1.28. The van der Waals surface area contributed by atoms with E-state index in [1.165, 1.54) is 40.8 Å². The van der Waals surface area contributed by atoms with Crippen molar-refractivity contribution in [1.82, 2.24) is 14.8 Å². The first-order valence-corrected chi connectivity index (χ1v) is 15.0. The Kier molecular flexibility index (Phi) is 9.35. The van der Waals surface area contributed by atoms with Crippen molar-refractivity contribution in [2.45, 2.75) is 51.4 Å². The molecule has 0 bridgehead atoms. The number of rotatable bonds is 8. The first kappa shape index (κ1) is 30.8. The minimum atomic E-state index is -4.77. The van der Waals surface area contributed by atoms with Gasteiger partial charge in [-0.05, 0) is 61.2 Å². The number of carbonyl (C=O) groups excluding carboxylic acids is 1. The fourth-order valence-electron chi connectivity index (χ4n) is 4.93. The standard InChI is InChI=1S/C32H29F3N6O2S/c1-3-22-6-4-5-7-28(22)41-21(2)16-17-44-31(41)38-29(42)18-25(19-36)23-8-10-24(11-9-23)30-37-20-40(39-30)26-12-14-27(15-13-26)43-32(33,34)35/h4-15,20-21,25H,3,16-18H2,1-2H3. The quantitative estimate of drug-likeness (QED) is 0.204. The van der Waals surface area contributed by atoms with Crippen LogP contribution in [0, 0.1) is 11.3 Å². The van der Waals surface area contributed by atoms with E-state index in [1.54, 1.807) is 36.0 Å². The summed E-state index contributed by atoms with van der Waals surface area (Å²) in [5.41, 5.74) is 4.08. The number of aliphatic imine (C=N–C) groups is 1. The van der Waals surface area contributed by atoms with Crippen molar-refractivity contribution in [2.75, 3.05) is 10.7 Å². The minimum Gasteiger partial charge on any atom is -0.406 e. The smallest absolute Gasteiger partial charge is 0.406 e. The van der Waals surface area contributed by atoms with E-state index in [0.29, 0.717) is 27.8 Å². The maximum atomic E-state index is 13.1. The van der Waals surface area contributed by atoms with Crippen LogP contribution in [0.5, 0.6) is 5.75 Å². The minimum absolute atomic E-state index is 0.0571. The Bertz CT molecular complexity index is 1680. The SMILES string of the molecule is CCc1ccccc1N1C(=NC(=O)CC(C#N)c2ccc(-c3ncn(-c4ccc(OC(F)(F)F)cc4)n3)cc2)SCCC1C. The summed E-state index contributed by atoms with van der Waals surface area (Å²) in [6.45, 7) is 4.23. The van der Waals surface area contributed by atoms with Crippen LogP contribution in [0.25, 0.3) is 17.1 Å². The molecule has 44 heavy (non-hydrogen) atoms. The molecule has 8 nitrogen and oxygen atoms in total. The van der Waals surface area contributed by atoms with Crippen molar-refractivity contribution in [3.05, 3.63) is 90.3 Å². The normalized spacial score (nSPS) is 16.9. The lowest BCUT2D eigenvalue weighted by molar-refractivity contribution is -0.274. The molecule has 1 aromatic heterocycles. The van der Waals surface area contributed by atoms with Crippen molar-refractivity contribution < 1.29 is 22.7 Å². The van der Waals surface area contributed by atoms with Crippen molar-refractivity contribution in [2.24, 2.45) is 4.99 Å². The molecule has 5 rings (SSSR count). The Morgan fingerprint density at radius 2 is 1.86 bits per heavy atom. The highest BCUT2D eigenvalue weighted by molar-refractivity contribution is 8.14. The highest BCUT2D eigenvalue weighted by atomic mass is 32.2. The van der Waals surface area contributed by atoms with Gasteiger partial charge in [0.1, 0.15) is 12.1 Å². The third-order valence-electron chi connectivity index (χ3n) is 7.20. The van der Waals surface area contributed by atoms with E-state index in [4.69, 9.17) is 0 Å². The predicted octanol–water partition coefficient (Wildman–Crippen LogP) is 7.31. The fourth-order valence-corrected chi connectivity index (χ4v) is 6.15. The lowest BCUT2D eigenvalue weighted by Gasteiger charge is -2.36. The number of hydrogen-bond donors (Lipinski definition) is 0. The van der Waals surface area contributed by atoms with Crippen LogP contribution in [0.3, 0.4) is 0 Å². The number of hydrogen-bond acceptors (Lipinski definition) is 6. The van der Waals surface area contributed by atoms with Gasteiger partial charge in [-0.3, -0.25) is 4.79 Å². The molecule has 4 aromatic rings. The number of anilines is 1. The summed E-state index contributed by atoms with van der Waals surface area (Å²) in [5, 5.41) is 15.0. The van der Waals surface area contributed by atoms with Crippen molar-refractivity contribution in [3.8, 4) is 28.9 Å². The molecule has 226 valence electrons. The lowest BCUT2D eigenvalue weighted by Crippen LogP contribution is -2.42. The first-order valence-electron chi connectivity index (χ1n) is 14.0. The van der Waals surface area contributed by atoms with E-state index in [2.05, 4.69) is 56.8 Å². The van der Waals surface area contributed by atoms with Gasteiger partial charge in [-0.25, -0.2) is 9.67 Å². The monoisotopic (exact) mass is 618 g/mol. The van der Waals surface area contributed by atoms with Crippen LogP contribution in [0.2, 0.25) is 0 Å². The Labute approximate surface area is 257 Å². The van der Waals surface area contributed by atoms with Crippen LogP contribution < -0.4 is 9.64 Å². The van der Waals surface area contributed by atoms with E-state index >= 15 is 0 Å². The van der Waals surface area contributed by atoms with Gasteiger partial charge < -0.3 is 9.64 Å². The number of amidine groups is 1. The number of nitrogens with zero attached hydrogens (tertiary/aromatic N) is 6. The number of ether oxygens (including phenoxy) is 1. The number of amides is 1. The van der Waals surface area contributed by atoms with Gasteiger partial charge in [-0.1, -0.05) is 61.2 Å². The maximum Gasteiger partial charge on any atom is 0.573 e. The molecule has 0 aliphatic carbocycles. The van der Waals surface area contributed by atoms with Gasteiger partial charge in [0, 0.05) is 29.5 Å². The first-order chi connectivity index (χ1) is 21.1. The van der Waals surface area contributed by atoms with Crippen LogP contribution in [-0.2, 0) is 11.2 Å². The summed E-state index contributed by atoms with van der Waals surface area (Å²) in [6, 6.07) is 22.9. The summed E-state index contributed by atoms with van der Waals surface area (Å²) >= 11 is 1.56. The number of carbonyl (C=O) groups is 1. The highest BCUT2D eigenvalue weighted by Gasteiger charge is 2.31. The Morgan fingerprint density at radius 1 is 1.14 bits per heavy atom. The number of alkyl halides is 3. The van der Waals surface area contributed by atoms with Crippen molar-refractivity contribution in [3.63, 3.8) is 0 Å². The van der Waals surface area contributed by atoms with Gasteiger partial charge in [-0.15, -0.1) is 18.3 Å². The largest absolute Gasteiger partial charge is 0.573 e. The molecular formula is C32H29F3N6O2S. The zero-order chi connectivity index (χ0) is 31.3. The predicted molar refractivity (Wildman–Crippen MR) is 164 cm³/mol. The second-order valence-electron chi connectivity index (χ2n) is 10.2. The number of nitriles is 1. The molecule has 0 radical (unpaired) electrons. The third-order valence-corrected chi connectivity index (χ3v) is 8.18. The molecule has 1 aliphatic rings. The maximum absolute atomic E-state index is 13.1. The molecule has 3 aromatic carbocycles. The summed E-state index contributed by atoms with van der Waals surface area (Å²) in [7, 11) is 0.